The summed E-state index contributed by atoms with van der Waals surface area (Å²) in [6, 6.07) is -0.309. The van der Waals surface area contributed by atoms with Gasteiger partial charge in [0.1, 0.15) is 6.04 Å². The molecule has 0 spiro atoms. The van der Waals surface area contributed by atoms with E-state index in [0.29, 0.717) is 18.9 Å². The Balaban J connectivity index is 2.96. The minimum absolute atomic E-state index is 0.204. The number of aromatic nitrogens is 2. The highest BCUT2D eigenvalue weighted by molar-refractivity contribution is 14.1. The summed E-state index contributed by atoms with van der Waals surface area (Å²) in [7, 11) is 0. The molecule has 0 N–H and O–H groups in total. The molecule has 96 valence electrons. The Kier molecular flexibility index (Phi) is 5.42. The fourth-order valence-electron chi connectivity index (χ4n) is 1.63. The SMILES string of the molecule is CCOC(=O)C(CC)n1cc(I)c(C(C)C)n1. The molecule has 4 nitrogen and oxygen atoms in total. The monoisotopic (exact) mass is 350 g/mol. The zero-order chi connectivity index (χ0) is 13.0. The van der Waals surface area contributed by atoms with Crippen LogP contribution in [0.4, 0.5) is 0 Å². The molecular formula is C12H19IN2O2. The van der Waals surface area contributed by atoms with Crippen molar-refractivity contribution in [3.8, 4) is 0 Å². The van der Waals surface area contributed by atoms with E-state index < -0.39 is 0 Å². The summed E-state index contributed by atoms with van der Waals surface area (Å²) in [4.78, 5) is 11.8. The Labute approximate surface area is 116 Å². The molecule has 1 rings (SSSR count). The second-order valence-electron chi connectivity index (χ2n) is 4.17. The van der Waals surface area contributed by atoms with Crippen molar-refractivity contribution in [1.29, 1.82) is 0 Å². The van der Waals surface area contributed by atoms with Crippen molar-refractivity contribution in [1.82, 2.24) is 9.78 Å². The van der Waals surface area contributed by atoms with Gasteiger partial charge in [0.05, 0.1) is 15.9 Å². The first-order valence-corrected chi connectivity index (χ1v) is 7.00. The number of esters is 1. The van der Waals surface area contributed by atoms with Crippen LogP contribution < -0.4 is 0 Å². The molecule has 1 atom stereocenters. The molecule has 1 heterocycles. The summed E-state index contributed by atoms with van der Waals surface area (Å²) in [6.45, 7) is 8.38. The van der Waals surface area contributed by atoms with Gasteiger partial charge >= 0.3 is 5.97 Å². The van der Waals surface area contributed by atoms with Gasteiger partial charge in [-0.3, -0.25) is 4.68 Å². The lowest BCUT2D eigenvalue weighted by Gasteiger charge is -2.13. The molecule has 1 unspecified atom stereocenters. The van der Waals surface area contributed by atoms with Gasteiger partial charge in [0.2, 0.25) is 0 Å². The molecule has 1 aromatic heterocycles. The van der Waals surface area contributed by atoms with E-state index in [1.807, 2.05) is 20.0 Å². The topological polar surface area (TPSA) is 44.1 Å². The van der Waals surface area contributed by atoms with Gasteiger partial charge in [0.15, 0.2) is 0 Å². The minimum Gasteiger partial charge on any atom is -0.464 e. The van der Waals surface area contributed by atoms with Crippen LogP contribution in [-0.2, 0) is 9.53 Å². The second-order valence-corrected chi connectivity index (χ2v) is 5.34. The van der Waals surface area contributed by atoms with E-state index in [4.69, 9.17) is 4.74 Å². The summed E-state index contributed by atoms with van der Waals surface area (Å²) >= 11 is 2.26. The van der Waals surface area contributed by atoms with E-state index in [1.165, 1.54) is 0 Å². The quantitative estimate of drug-likeness (QED) is 0.605. The number of nitrogens with zero attached hydrogens (tertiary/aromatic N) is 2. The van der Waals surface area contributed by atoms with E-state index in [-0.39, 0.29) is 12.0 Å². The Morgan fingerprint density at radius 1 is 1.53 bits per heavy atom. The summed E-state index contributed by atoms with van der Waals surface area (Å²) in [6.07, 6.45) is 2.61. The zero-order valence-corrected chi connectivity index (χ0v) is 12.9. The number of rotatable bonds is 5. The first-order chi connectivity index (χ1) is 8.01. The lowest BCUT2D eigenvalue weighted by molar-refractivity contribution is -0.147. The van der Waals surface area contributed by atoms with Gasteiger partial charge in [0.25, 0.3) is 0 Å². The van der Waals surface area contributed by atoms with Gasteiger partial charge in [-0.1, -0.05) is 20.8 Å². The molecule has 0 bridgehead atoms. The highest BCUT2D eigenvalue weighted by Gasteiger charge is 2.22. The summed E-state index contributed by atoms with van der Waals surface area (Å²) < 4.78 is 7.89. The van der Waals surface area contributed by atoms with E-state index in [0.717, 1.165) is 9.26 Å². The normalized spacial score (nSPS) is 12.8. The maximum absolute atomic E-state index is 11.8. The van der Waals surface area contributed by atoms with E-state index in [1.54, 1.807) is 4.68 Å². The van der Waals surface area contributed by atoms with Gasteiger partial charge < -0.3 is 4.74 Å². The average Bonchev–Trinajstić information content (AvgIpc) is 2.62. The number of carbonyl (C=O) groups excluding carboxylic acids is 1. The maximum Gasteiger partial charge on any atom is 0.330 e. The highest BCUT2D eigenvalue weighted by Crippen LogP contribution is 2.22. The standard InChI is InChI=1S/C12H19IN2O2/c1-5-10(12(16)17-6-2)15-7-9(13)11(14-15)8(3)4/h7-8,10H,5-6H2,1-4H3. The summed E-state index contributed by atoms with van der Waals surface area (Å²) in [5, 5.41) is 4.49. The third-order valence-electron chi connectivity index (χ3n) is 2.53. The number of halogens is 1. The predicted molar refractivity (Wildman–Crippen MR) is 75.0 cm³/mol. The van der Waals surface area contributed by atoms with Crippen molar-refractivity contribution >= 4 is 28.6 Å². The minimum atomic E-state index is -0.309. The number of carbonyl (C=O) groups is 1. The smallest absolute Gasteiger partial charge is 0.330 e. The average molecular weight is 350 g/mol. The number of hydrogen-bond acceptors (Lipinski definition) is 3. The van der Waals surface area contributed by atoms with Crippen LogP contribution in [0, 0.1) is 3.57 Å². The molecule has 17 heavy (non-hydrogen) atoms. The van der Waals surface area contributed by atoms with Crippen LogP contribution in [0.3, 0.4) is 0 Å². The predicted octanol–water partition coefficient (Wildman–Crippen LogP) is 3.13. The lowest BCUT2D eigenvalue weighted by Crippen LogP contribution is -2.22. The van der Waals surface area contributed by atoms with Crippen molar-refractivity contribution in [2.45, 2.75) is 46.1 Å². The van der Waals surface area contributed by atoms with Crippen LogP contribution in [-0.4, -0.2) is 22.4 Å². The molecule has 0 radical (unpaired) electrons. The Bertz CT molecular complexity index is 388. The van der Waals surface area contributed by atoms with Gasteiger partial charge in [-0.15, -0.1) is 0 Å². The van der Waals surface area contributed by atoms with Crippen LogP contribution in [0.1, 0.15) is 51.8 Å². The molecule has 1 aromatic rings. The molecule has 0 aliphatic carbocycles. The Hall–Kier alpha value is -0.590. The van der Waals surface area contributed by atoms with Crippen molar-refractivity contribution in [3.63, 3.8) is 0 Å². The van der Waals surface area contributed by atoms with Gasteiger partial charge in [-0.25, -0.2) is 4.79 Å². The van der Waals surface area contributed by atoms with Crippen LogP contribution >= 0.6 is 22.6 Å². The maximum atomic E-state index is 11.8. The van der Waals surface area contributed by atoms with Crippen LogP contribution in [0.2, 0.25) is 0 Å². The van der Waals surface area contributed by atoms with Crippen LogP contribution in [0.15, 0.2) is 6.20 Å². The number of hydrogen-bond donors (Lipinski definition) is 0. The van der Waals surface area contributed by atoms with Crippen LogP contribution in [0.5, 0.6) is 0 Å². The van der Waals surface area contributed by atoms with Crippen molar-refractivity contribution in [3.05, 3.63) is 15.5 Å². The molecule has 0 aliphatic heterocycles. The first kappa shape index (κ1) is 14.5. The molecule has 0 saturated carbocycles. The third-order valence-corrected chi connectivity index (χ3v) is 3.36. The van der Waals surface area contributed by atoms with Gasteiger partial charge in [-0.05, 0) is 41.9 Å². The lowest BCUT2D eigenvalue weighted by atomic mass is 10.1. The van der Waals surface area contributed by atoms with Crippen molar-refractivity contribution in [2.75, 3.05) is 6.61 Å². The number of ether oxygens (including phenoxy) is 1. The third kappa shape index (κ3) is 3.43. The van der Waals surface area contributed by atoms with Crippen molar-refractivity contribution < 1.29 is 9.53 Å². The molecule has 0 saturated heterocycles. The fraction of sp³-hybridized carbons (Fsp3) is 0.667. The first-order valence-electron chi connectivity index (χ1n) is 5.92. The molecule has 0 fully saturated rings. The molecule has 0 aromatic carbocycles. The Morgan fingerprint density at radius 2 is 2.18 bits per heavy atom. The molecule has 5 heteroatoms. The van der Waals surface area contributed by atoms with Gasteiger partial charge in [-0.2, -0.15) is 5.10 Å². The van der Waals surface area contributed by atoms with E-state index >= 15 is 0 Å². The van der Waals surface area contributed by atoms with Gasteiger partial charge in [0, 0.05) is 6.20 Å². The zero-order valence-electron chi connectivity index (χ0n) is 10.7. The largest absolute Gasteiger partial charge is 0.464 e. The second kappa shape index (κ2) is 6.37. The molecule has 0 amide bonds. The molecular weight excluding hydrogens is 331 g/mol. The molecule has 0 aliphatic rings. The van der Waals surface area contributed by atoms with Crippen molar-refractivity contribution in [2.24, 2.45) is 0 Å². The van der Waals surface area contributed by atoms with E-state index in [9.17, 15) is 4.79 Å². The van der Waals surface area contributed by atoms with E-state index in [2.05, 4.69) is 41.5 Å². The summed E-state index contributed by atoms with van der Waals surface area (Å²) in [5.74, 6) is 0.159. The fourth-order valence-corrected chi connectivity index (χ4v) is 2.65. The summed E-state index contributed by atoms with van der Waals surface area (Å²) in [5.41, 5.74) is 1.04. The highest BCUT2D eigenvalue weighted by atomic mass is 127. The Morgan fingerprint density at radius 3 is 2.59 bits per heavy atom. The van der Waals surface area contributed by atoms with Crippen LogP contribution in [0.25, 0.3) is 0 Å².